The average molecular weight is 350 g/mol. The second kappa shape index (κ2) is 6.44. The van der Waals surface area contributed by atoms with Gasteiger partial charge in [-0.05, 0) is 18.2 Å². The van der Waals surface area contributed by atoms with Crippen LogP contribution in [0.15, 0.2) is 24.4 Å². The zero-order valence-corrected chi connectivity index (χ0v) is 12.5. The average Bonchev–Trinajstić information content (AvgIpc) is 2.42. The molecule has 2 rings (SSSR count). The van der Waals surface area contributed by atoms with E-state index in [0.717, 1.165) is 0 Å². The number of anilines is 2. The van der Waals surface area contributed by atoms with Gasteiger partial charge in [0.25, 0.3) is 5.91 Å². The van der Waals surface area contributed by atoms with Crippen molar-refractivity contribution in [2.45, 2.75) is 0 Å². The highest BCUT2D eigenvalue weighted by molar-refractivity contribution is 6.42. The van der Waals surface area contributed by atoms with Crippen molar-refractivity contribution in [1.82, 2.24) is 4.98 Å². The molecule has 1 amide bonds. The number of hydrogen-bond donors (Lipinski definition) is 3. The molecule has 110 valence electrons. The summed E-state index contributed by atoms with van der Waals surface area (Å²) in [5.74, 6) is 3.20. The molecule has 0 bridgehead atoms. The lowest BCUT2D eigenvalue weighted by Gasteiger charge is -2.11. The van der Waals surface area contributed by atoms with E-state index in [4.69, 9.17) is 40.6 Å². The number of nitrogen functional groups attached to an aromatic ring is 1. The third-order valence-electron chi connectivity index (χ3n) is 2.52. The van der Waals surface area contributed by atoms with Crippen molar-refractivity contribution in [3.05, 3.63) is 50.8 Å². The van der Waals surface area contributed by atoms with Crippen molar-refractivity contribution in [3.63, 3.8) is 0 Å². The third kappa shape index (κ3) is 3.36. The quantitative estimate of drug-likeness (QED) is 0.583. The number of nitrogens with one attached hydrogen (secondary N) is 2. The Morgan fingerprint density at radius 1 is 1.24 bits per heavy atom. The predicted molar refractivity (Wildman–Crippen MR) is 81.4 cm³/mol. The lowest BCUT2D eigenvalue weighted by Crippen LogP contribution is -2.18. The molecule has 0 radical (unpaired) electrons. The van der Waals surface area contributed by atoms with E-state index in [-0.39, 0.29) is 27.1 Å². The summed E-state index contributed by atoms with van der Waals surface area (Å²) >= 11 is 17.7. The maximum Gasteiger partial charge on any atom is 0.258 e. The highest BCUT2D eigenvalue weighted by atomic mass is 35.5. The monoisotopic (exact) mass is 348 g/mol. The number of rotatable bonds is 3. The molecule has 21 heavy (non-hydrogen) atoms. The minimum absolute atomic E-state index is 0.131. The molecule has 1 heterocycles. The van der Waals surface area contributed by atoms with Crippen molar-refractivity contribution in [1.29, 1.82) is 0 Å². The van der Waals surface area contributed by atoms with Crippen LogP contribution in [0.3, 0.4) is 0 Å². The number of amides is 1. The number of hydrogen-bond acceptors (Lipinski definition) is 4. The molecule has 5 nitrogen and oxygen atoms in total. The first-order chi connectivity index (χ1) is 9.93. The number of nitrogens with two attached hydrogens (primary N) is 1. The van der Waals surface area contributed by atoms with Crippen LogP contribution in [-0.4, -0.2) is 10.9 Å². The van der Waals surface area contributed by atoms with E-state index in [1.54, 1.807) is 0 Å². The minimum atomic E-state index is -0.890. The fourth-order valence-corrected chi connectivity index (χ4v) is 2.47. The van der Waals surface area contributed by atoms with E-state index in [1.165, 1.54) is 24.4 Å². The van der Waals surface area contributed by atoms with Crippen LogP contribution in [0.1, 0.15) is 10.4 Å². The predicted octanol–water partition coefficient (Wildman–Crippen LogP) is 3.72. The van der Waals surface area contributed by atoms with E-state index < -0.39 is 11.7 Å². The summed E-state index contributed by atoms with van der Waals surface area (Å²) in [4.78, 5) is 15.7. The molecule has 0 saturated carbocycles. The molecule has 0 aliphatic heterocycles. The van der Waals surface area contributed by atoms with E-state index in [0.29, 0.717) is 5.02 Å². The molecule has 0 aliphatic rings. The first-order valence-electron chi connectivity index (χ1n) is 5.51. The molecule has 2 aromatic rings. The number of hydrazine groups is 1. The first kappa shape index (κ1) is 15.8. The largest absolute Gasteiger partial charge is 0.319 e. The van der Waals surface area contributed by atoms with Crippen LogP contribution >= 0.6 is 34.8 Å². The molecular weight excluding hydrogens is 342 g/mol. The lowest BCUT2D eigenvalue weighted by atomic mass is 10.2. The number of carbonyl (C=O) groups is 1. The molecular formula is C12H8Cl3FN4O. The number of pyridine rings is 1. The Hall–Kier alpha value is -1.60. The topological polar surface area (TPSA) is 80.0 Å². The number of benzene rings is 1. The van der Waals surface area contributed by atoms with Gasteiger partial charge in [0, 0.05) is 11.2 Å². The summed E-state index contributed by atoms with van der Waals surface area (Å²) < 4.78 is 13.9. The Bertz CT molecular complexity index is 688. The maximum absolute atomic E-state index is 13.9. The Balaban J connectivity index is 2.35. The van der Waals surface area contributed by atoms with Crippen LogP contribution in [-0.2, 0) is 0 Å². The molecule has 0 saturated heterocycles. The number of halogens is 4. The van der Waals surface area contributed by atoms with Gasteiger partial charge in [0.2, 0.25) is 0 Å². The van der Waals surface area contributed by atoms with Gasteiger partial charge in [-0.1, -0.05) is 34.8 Å². The van der Waals surface area contributed by atoms with Crippen LogP contribution in [0.2, 0.25) is 15.1 Å². The van der Waals surface area contributed by atoms with Crippen molar-refractivity contribution < 1.29 is 9.18 Å². The summed E-state index contributed by atoms with van der Waals surface area (Å²) in [5, 5.41) is 2.99. The molecule has 1 aromatic heterocycles. The second-order valence-corrected chi connectivity index (χ2v) is 5.11. The van der Waals surface area contributed by atoms with Crippen molar-refractivity contribution >= 4 is 52.2 Å². The van der Waals surface area contributed by atoms with Gasteiger partial charge in [0.15, 0.2) is 11.6 Å². The fourth-order valence-electron chi connectivity index (χ4n) is 1.56. The number of nitrogens with zero attached hydrogens (tertiary/aromatic N) is 1. The Morgan fingerprint density at radius 2 is 1.86 bits per heavy atom. The smallest absolute Gasteiger partial charge is 0.258 e. The van der Waals surface area contributed by atoms with Gasteiger partial charge >= 0.3 is 0 Å². The van der Waals surface area contributed by atoms with Crippen molar-refractivity contribution in [2.75, 3.05) is 10.7 Å². The van der Waals surface area contributed by atoms with Crippen molar-refractivity contribution in [2.24, 2.45) is 5.84 Å². The van der Waals surface area contributed by atoms with Gasteiger partial charge in [-0.15, -0.1) is 0 Å². The highest BCUT2D eigenvalue weighted by Crippen LogP contribution is 2.34. The Kier molecular flexibility index (Phi) is 4.84. The number of carbonyl (C=O) groups excluding carboxylic acids is 1. The van der Waals surface area contributed by atoms with E-state index >= 15 is 0 Å². The normalized spacial score (nSPS) is 10.3. The second-order valence-electron chi connectivity index (χ2n) is 3.86. The molecule has 0 aliphatic carbocycles. The minimum Gasteiger partial charge on any atom is -0.319 e. The van der Waals surface area contributed by atoms with Crippen LogP contribution in [0.5, 0.6) is 0 Å². The maximum atomic E-state index is 13.9. The molecule has 9 heteroatoms. The molecule has 4 N–H and O–H groups in total. The first-order valence-corrected chi connectivity index (χ1v) is 6.64. The van der Waals surface area contributed by atoms with Gasteiger partial charge in [-0.25, -0.2) is 15.2 Å². The van der Waals surface area contributed by atoms with Crippen LogP contribution in [0.4, 0.5) is 15.9 Å². The van der Waals surface area contributed by atoms with E-state index in [1.807, 2.05) is 5.43 Å². The van der Waals surface area contributed by atoms with E-state index in [9.17, 15) is 9.18 Å². The molecule has 0 unspecified atom stereocenters. The summed E-state index contributed by atoms with van der Waals surface area (Å²) in [6, 6.07) is 4.00. The molecule has 1 aromatic carbocycles. The highest BCUT2D eigenvalue weighted by Gasteiger charge is 2.18. The lowest BCUT2D eigenvalue weighted by molar-refractivity contribution is 0.102. The van der Waals surface area contributed by atoms with Gasteiger partial charge in [0.05, 0.1) is 21.3 Å². The molecule has 0 atom stereocenters. The van der Waals surface area contributed by atoms with Gasteiger partial charge < -0.3 is 10.7 Å². The summed E-state index contributed by atoms with van der Waals surface area (Å²) in [5.41, 5.74) is 1.92. The Morgan fingerprint density at radius 3 is 2.43 bits per heavy atom. The molecule has 0 spiro atoms. The van der Waals surface area contributed by atoms with Crippen LogP contribution in [0, 0.1) is 5.82 Å². The van der Waals surface area contributed by atoms with Gasteiger partial charge in [0.1, 0.15) is 0 Å². The Labute approximate surface area is 134 Å². The summed E-state index contributed by atoms with van der Waals surface area (Å²) in [6.45, 7) is 0. The van der Waals surface area contributed by atoms with E-state index in [2.05, 4.69) is 10.3 Å². The standard InChI is InChI=1S/C12H8Cl3FN4O/c13-5-3-7(14)10(8(15)4-5)19-12(21)6-1-2-18-11(20-17)9(6)16/h1-4H,17H2,(H,18,20)(H,19,21). The van der Waals surface area contributed by atoms with Crippen LogP contribution < -0.4 is 16.6 Å². The zero-order valence-electron chi connectivity index (χ0n) is 10.3. The van der Waals surface area contributed by atoms with Crippen LogP contribution in [0.25, 0.3) is 0 Å². The number of aromatic nitrogens is 1. The zero-order chi connectivity index (χ0) is 15.6. The van der Waals surface area contributed by atoms with Crippen molar-refractivity contribution in [3.8, 4) is 0 Å². The van der Waals surface area contributed by atoms with Gasteiger partial charge in [-0.2, -0.15) is 0 Å². The fraction of sp³-hybridized carbons (Fsp3) is 0. The third-order valence-corrected chi connectivity index (χ3v) is 3.33. The van der Waals surface area contributed by atoms with Gasteiger partial charge in [-0.3, -0.25) is 4.79 Å². The summed E-state index contributed by atoms with van der Waals surface area (Å²) in [6.07, 6.45) is 1.23. The molecule has 0 fully saturated rings. The summed E-state index contributed by atoms with van der Waals surface area (Å²) in [7, 11) is 0. The SMILES string of the molecule is NNc1nccc(C(=O)Nc2c(Cl)cc(Cl)cc2Cl)c1F.